The molecule has 0 fully saturated rings. The minimum absolute atomic E-state index is 0.0543. The molecule has 1 aliphatic heterocycles. The molecule has 2 amide bonds. The van der Waals surface area contributed by atoms with E-state index in [1.54, 1.807) is 34.4 Å². The van der Waals surface area contributed by atoms with Crippen molar-refractivity contribution in [3.63, 3.8) is 0 Å². The molecule has 35 heavy (non-hydrogen) atoms. The van der Waals surface area contributed by atoms with E-state index >= 15 is 0 Å². The van der Waals surface area contributed by atoms with Crippen molar-refractivity contribution in [3.8, 4) is 11.5 Å². The van der Waals surface area contributed by atoms with Crippen LogP contribution in [0.5, 0.6) is 11.5 Å². The Morgan fingerprint density at radius 1 is 1.09 bits per heavy atom. The lowest BCUT2D eigenvalue weighted by atomic mass is 9.93. The molecule has 184 valence electrons. The van der Waals surface area contributed by atoms with Crippen LogP contribution in [0.3, 0.4) is 0 Å². The summed E-state index contributed by atoms with van der Waals surface area (Å²) in [5, 5.41) is 2.72. The maximum atomic E-state index is 13.8. The topological polar surface area (TPSA) is 59.1 Å². The van der Waals surface area contributed by atoms with Crippen molar-refractivity contribution in [1.29, 1.82) is 0 Å². The predicted octanol–water partition coefficient (Wildman–Crippen LogP) is 5.44. The Balaban J connectivity index is 1.66. The van der Waals surface area contributed by atoms with E-state index in [1.165, 1.54) is 19.1 Å². The SMILES string of the molecule is COc1cccc(OC)c1C(=O)N(CC(=O)N1CCc2sccc2C1c1ccc(Cl)cc1)C(C)C. The van der Waals surface area contributed by atoms with Crippen LogP contribution in [0, 0.1) is 0 Å². The van der Waals surface area contributed by atoms with Gasteiger partial charge in [-0.3, -0.25) is 9.59 Å². The van der Waals surface area contributed by atoms with Crippen LogP contribution in [0.25, 0.3) is 0 Å². The van der Waals surface area contributed by atoms with Crippen LogP contribution in [0.1, 0.15) is 46.3 Å². The summed E-state index contributed by atoms with van der Waals surface area (Å²) in [5.74, 6) is 0.399. The van der Waals surface area contributed by atoms with Crippen molar-refractivity contribution in [1.82, 2.24) is 9.80 Å². The largest absolute Gasteiger partial charge is 0.496 e. The third-order valence-electron chi connectivity index (χ3n) is 6.30. The Bertz CT molecular complexity index is 1190. The number of amides is 2. The fourth-order valence-electron chi connectivity index (χ4n) is 4.52. The fourth-order valence-corrected chi connectivity index (χ4v) is 5.55. The molecule has 0 N–H and O–H groups in total. The maximum Gasteiger partial charge on any atom is 0.262 e. The van der Waals surface area contributed by atoms with Gasteiger partial charge in [-0.25, -0.2) is 0 Å². The number of rotatable bonds is 7. The molecule has 0 radical (unpaired) electrons. The van der Waals surface area contributed by atoms with Gasteiger partial charge in [0.15, 0.2) is 0 Å². The van der Waals surface area contributed by atoms with Gasteiger partial charge in [0.05, 0.1) is 20.3 Å². The standard InChI is InChI=1S/C27H29ClN2O4S/c1-17(2)30(27(32)25-21(33-3)6-5-7-22(25)34-4)16-24(31)29-14-12-23-20(13-15-35-23)26(29)18-8-10-19(28)11-9-18/h5-11,13,15,17,26H,12,14,16H2,1-4H3. The number of methoxy groups -OCH3 is 2. The molecule has 6 nitrogen and oxygen atoms in total. The third kappa shape index (κ3) is 5.02. The quantitative estimate of drug-likeness (QED) is 0.423. The fraction of sp³-hybridized carbons (Fsp3) is 0.333. The molecular formula is C27H29ClN2O4S. The minimum Gasteiger partial charge on any atom is -0.496 e. The normalized spacial score (nSPS) is 15.0. The van der Waals surface area contributed by atoms with E-state index in [1.807, 2.05) is 43.0 Å². The van der Waals surface area contributed by atoms with Gasteiger partial charge in [-0.1, -0.05) is 29.8 Å². The first-order valence-corrected chi connectivity index (χ1v) is 12.7. The molecule has 1 unspecified atom stereocenters. The summed E-state index contributed by atoms with van der Waals surface area (Å²) < 4.78 is 10.9. The molecule has 1 aromatic heterocycles. The summed E-state index contributed by atoms with van der Waals surface area (Å²) in [6, 6.07) is 14.5. The Morgan fingerprint density at radius 3 is 2.34 bits per heavy atom. The summed E-state index contributed by atoms with van der Waals surface area (Å²) in [4.78, 5) is 32.2. The van der Waals surface area contributed by atoms with E-state index in [0.717, 1.165) is 17.5 Å². The van der Waals surface area contributed by atoms with E-state index in [2.05, 4.69) is 11.4 Å². The minimum atomic E-state index is -0.307. The van der Waals surface area contributed by atoms with Crippen molar-refractivity contribution in [2.45, 2.75) is 32.4 Å². The highest BCUT2D eigenvalue weighted by atomic mass is 35.5. The molecule has 0 bridgehead atoms. The molecule has 8 heteroatoms. The van der Waals surface area contributed by atoms with E-state index in [-0.39, 0.29) is 30.4 Å². The number of carbonyl (C=O) groups excluding carboxylic acids is 2. The highest BCUT2D eigenvalue weighted by Gasteiger charge is 2.35. The average molecular weight is 513 g/mol. The number of benzene rings is 2. The number of fused-ring (bicyclic) bond motifs is 1. The first kappa shape index (κ1) is 25.1. The number of thiophene rings is 1. The van der Waals surface area contributed by atoms with E-state index in [9.17, 15) is 9.59 Å². The molecule has 2 heterocycles. The maximum absolute atomic E-state index is 13.8. The molecule has 0 aliphatic carbocycles. The van der Waals surface area contributed by atoms with Gasteiger partial charge >= 0.3 is 0 Å². The van der Waals surface area contributed by atoms with E-state index in [0.29, 0.717) is 28.6 Å². The van der Waals surface area contributed by atoms with Crippen LogP contribution in [-0.2, 0) is 11.2 Å². The zero-order valence-electron chi connectivity index (χ0n) is 20.3. The van der Waals surface area contributed by atoms with Crippen LogP contribution < -0.4 is 9.47 Å². The summed E-state index contributed by atoms with van der Waals surface area (Å²) in [6.07, 6.45) is 0.790. The predicted molar refractivity (Wildman–Crippen MR) is 139 cm³/mol. The second-order valence-electron chi connectivity index (χ2n) is 8.65. The van der Waals surface area contributed by atoms with Gasteiger partial charge in [0, 0.05) is 22.5 Å². The Hall–Kier alpha value is -3.03. The number of halogens is 1. The summed E-state index contributed by atoms with van der Waals surface area (Å²) in [6.45, 7) is 4.33. The van der Waals surface area contributed by atoms with Gasteiger partial charge in [0.25, 0.3) is 5.91 Å². The summed E-state index contributed by atoms with van der Waals surface area (Å²) >= 11 is 7.85. The van der Waals surface area contributed by atoms with Crippen LogP contribution in [0.15, 0.2) is 53.9 Å². The van der Waals surface area contributed by atoms with Gasteiger partial charge in [-0.2, -0.15) is 0 Å². The first-order chi connectivity index (χ1) is 16.8. The number of ether oxygens (including phenoxy) is 2. The number of hydrogen-bond acceptors (Lipinski definition) is 5. The van der Waals surface area contributed by atoms with Crippen molar-refractivity contribution in [2.24, 2.45) is 0 Å². The van der Waals surface area contributed by atoms with Crippen LogP contribution >= 0.6 is 22.9 Å². The molecule has 4 rings (SSSR count). The second kappa shape index (κ2) is 10.7. The number of carbonyl (C=O) groups is 2. The molecular weight excluding hydrogens is 484 g/mol. The highest BCUT2D eigenvalue weighted by Crippen LogP contribution is 2.38. The molecule has 0 spiro atoms. The van der Waals surface area contributed by atoms with Crippen molar-refractivity contribution in [3.05, 3.63) is 80.5 Å². The molecule has 3 aromatic rings. The van der Waals surface area contributed by atoms with Crippen LogP contribution in [-0.4, -0.2) is 55.0 Å². The van der Waals surface area contributed by atoms with Crippen molar-refractivity contribution < 1.29 is 19.1 Å². The Labute approximate surface area is 215 Å². The van der Waals surface area contributed by atoms with Gasteiger partial charge in [-0.05, 0) is 67.1 Å². The Kier molecular flexibility index (Phi) is 7.67. The number of nitrogens with zero attached hydrogens (tertiary/aromatic N) is 2. The average Bonchev–Trinajstić information content (AvgIpc) is 3.35. The van der Waals surface area contributed by atoms with Gasteiger partial charge < -0.3 is 19.3 Å². The van der Waals surface area contributed by atoms with Crippen LogP contribution in [0.4, 0.5) is 0 Å². The van der Waals surface area contributed by atoms with Gasteiger partial charge in [0.2, 0.25) is 5.91 Å². The van der Waals surface area contributed by atoms with Crippen LogP contribution in [0.2, 0.25) is 5.02 Å². The lowest BCUT2D eigenvalue weighted by Gasteiger charge is -2.38. The molecule has 1 aliphatic rings. The smallest absolute Gasteiger partial charge is 0.262 e. The molecule has 2 aromatic carbocycles. The van der Waals surface area contributed by atoms with E-state index < -0.39 is 0 Å². The number of hydrogen-bond donors (Lipinski definition) is 0. The lowest BCUT2D eigenvalue weighted by Crippen LogP contribution is -2.48. The Morgan fingerprint density at radius 2 is 1.74 bits per heavy atom. The second-order valence-corrected chi connectivity index (χ2v) is 10.1. The third-order valence-corrected chi connectivity index (χ3v) is 7.55. The zero-order chi connectivity index (χ0) is 25.1. The summed E-state index contributed by atoms with van der Waals surface area (Å²) in [7, 11) is 3.03. The molecule has 1 atom stereocenters. The van der Waals surface area contributed by atoms with Crippen molar-refractivity contribution in [2.75, 3.05) is 27.3 Å². The zero-order valence-corrected chi connectivity index (χ0v) is 21.9. The monoisotopic (exact) mass is 512 g/mol. The van der Waals surface area contributed by atoms with Crippen molar-refractivity contribution >= 4 is 34.8 Å². The highest BCUT2D eigenvalue weighted by molar-refractivity contribution is 7.10. The van der Waals surface area contributed by atoms with Gasteiger partial charge in [-0.15, -0.1) is 11.3 Å². The van der Waals surface area contributed by atoms with E-state index in [4.69, 9.17) is 21.1 Å². The molecule has 0 saturated carbocycles. The first-order valence-electron chi connectivity index (χ1n) is 11.5. The molecule has 0 saturated heterocycles. The lowest BCUT2D eigenvalue weighted by molar-refractivity contribution is -0.134. The summed E-state index contributed by atoms with van der Waals surface area (Å²) in [5.41, 5.74) is 2.44. The van der Waals surface area contributed by atoms with Gasteiger partial charge in [0.1, 0.15) is 23.6 Å².